The van der Waals surface area contributed by atoms with Gasteiger partial charge in [-0.25, -0.2) is 0 Å². The molecule has 0 amide bonds. The Hall–Kier alpha value is -1.02. The molecule has 0 radical (unpaired) electrons. The predicted octanol–water partition coefficient (Wildman–Crippen LogP) is 3.07. The van der Waals surface area contributed by atoms with Crippen LogP contribution in [0.1, 0.15) is 25.8 Å². The molecule has 2 heteroatoms. The smallest absolute Gasteiger partial charge is 0.0364 e. The summed E-state index contributed by atoms with van der Waals surface area (Å²) < 4.78 is 0. The second-order valence-electron chi connectivity index (χ2n) is 5.00. The van der Waals surface area contributed by atoms with Crippen LogP contribution < -0.4 is 10.2 Å². The molecule has 0 spiro atoms. The molecule has 0 aromatic heterocycles. The molecule has 96 valence electrons. The highest BCUT2D eigenvalue weighted by Gasteiger charge is 2.15. The first kappa shape index (κ1) is 14.0. The molecule has 1 rings (SSSR count). The maximum Gasteiger partial charge on any atom is 0.0364 e. The van der Waals surface area contributed by atoms with Crippen LogP contribution in [0, 0.1) is 12.8 Å². The van der Waals surface area contributed by atoms with Gasteiger partial charge in [-0.3, -0.25) is 0 Å². The van der Waals surface area contributed by atoms with E-state index in [1.807, 2.05) is 0 Å². The Kier molecular flexibility index (Phi) is 5.49. The largest absolute Gasteiger partial charge is 0.373 e. The van der Waals surface area contributed by atoms with Gasteiger partial charge in [0.05, 0.1) is 0 Å². The molecule has 0 aliphatic heterocycles. The molecule has 0 aliphatic rings. The third kappa shape index (κ3) is 4.04. The fraction of sp³-hybridized carbons (Fsp3) is 0.600. The fourth-order valence-electron chi connectivity index (χ4n) is 2.04. The van der Waals surface area contributed by atoms with Crippen LogP contribution in [0.5, 0.6) is 0 Å². The van der Waals surface area contributed by atoms with E-state index in [9.17, 15) is 0 Å². The zero-order valence-electron chi connectivity index (χ0n) is 11.8. The number of hydrogen-bond donors (Lipinski definition) is 1. The van der Waals surface area contributed by atoms with E-state index in [-0.39, 0.29) is 0 Å². The molecule has 2 unspecified atom stereocenters. The van der Waals surface area contributed by atoms with Gasteiger partial charge in [-0.15, -0.1) is 0 Å². The highest BCUT2D eigenvalue weighted by atomic mass is 15.1. The zero-order valence-corrected chi connectivity index (χ0v) is 11.8. The van der Waals surface area contributed by atoms with Gasteiger partial charge in [0.2, 0.25) is 0 Å². The van der Waals surface area contributed by atoms with Crippen LogP contribution in [-0.4, -0.2) is 26.7 Å². The van der Waals surface area contributed by atoms with Crippen LogP contribution in [-0.2, 0) is 0 Å². The van der Waals surface area contributed by atoms with Gasteiger partial charge >= 0.3 is 0 Å². The highest BCUT2D eigenvalue weighted by molar-refractivity contribution is 5.46. The Morgan fingerprint density at radius 1 is 1.24 bits per heavy atom. The highest BCUT2D eigenvalue weighted by Crippen LogP contribution is 2.16. The van der Waals surface area contributed by atoms with Crippen molar-refractivity contribution in [2.45, 2.75) is 33.2 Å². The molecule has 0 saturated carbocycles. The SMILES string of the molecule is CCC(C)C(CN(C)c1ccc(C)cc1)NC. The molecule has 17 heavy (non-hydrogen) atoms. The summed E-state index contributed by atoms with van der Waals surface area (Å²) in [6.45, 7) is 7.74. The Morgan fingerprint density at radius 3 is 2.29 bits per heavy atom. The van der Waals surface area contributed by atoms with Crippen molar-refractivity contribution >= 4 is 5.69 Å². The summed E-state index contributed by atoms with van der Waals surface area (Å²) in [6, 6.07) is 9.27. The van der Waals surface area contributed by atoms with E-state index in [0.29, 0.717) is 12.0 Å². The Balaban J connectivity index is 2.64. The van der Waals surface area contributed by atoms with Gasteiger partial charge in [-0.05, 0) is 32.0 Å². The number of benzene rings is 1. The first-order chi connectivity index (χ1) is 8.08. The number of aryl methyl sites for hydroxylation is 1. The summed E-state index contributed by atoms with van der Waals surface area (Å²) in [7, 11) is 4.22. The van der Waals surface area contributed by atoms with Crippen LogP contribution in [0.3, 0.4) is 0 Å². The van der Waals surface area contributed by atoms with Crippen LogP contribution >= 0.6 is 0 Å². The van der Waals surface area contributed by atoms with E-state index in [0.717, 1.165) is 6.54 Å². The van der Waals surface area contributed by atoms with Crippen molar-refractivity contribution in [1.29, 1.82) is 0 Å². The van der Waals surface area contributed by atoms with Gasteiger partial charge in [0.15, 0.2) is 0 Å². The summed E-state index contributed by atoms with van der Waals surface area (Å²) in [6.07, 6.45) is 1.22. The lowest BCUT2D eigenvalue weighted by Crippen LogP contribution is -2.42. The number of nitrogens with one attached hydrogen (secondary N) is 1. The van der Waals surface area contributed by atoms with E-state index < -0.39 is 0 Å². The number of rotatable bonds is 6. The molecule has 0 aliphatic carbocycles. The van der Waals surface area contributed by atoms with E-state index in [1.165, 1.54) is 17.7 Å². The van der Waals surface area contributed by atoms with Crippen molar-refractivity contribution < 1.29 is 0 Å². The minimum absolute atomic E-state index is 0.548. The molecular weight excluding hydrogens is 208 g/mol. The van der Waals surface area contributed by atoms with Crippen molar-refractivity contribution in [3.63, 3.8) is 0 Å². The minimum Gasteiger partial charge on any atom is -0.373 e. The fourth-order valence-corrected chi connectivity index (χ4v) is 2.04. The van der Waals surface area contributed by atoms with Crippen molar-refractivity contribution in [2.75, 3.05) is 25.5 Å². The second kappa shape index (κ2) is 6.65. The van der Waals surface area contributed by atoms with Gasteiger partial charge in [0.25, 0.3) is 0 Å². The molecule has 1 aromatic carbocycles. The van der Waals surface area contributed by atoms with Gasteiger partial charge in [0, 0.05) is 25.3 Å². The molecule has 2 nitrogen and oxygen atoms in total. The second-order valence-corrected chi connectivity index (χ2v) is 5.00. The maximum atomic E-state index is 3.42. The van der Waals surface area contributed by atoms with E-state index in [1.54, 1.807) is 0 Å². The van der Waals surface area contributed by atoms with E-state index >= 15 is 0 Å². The minimum atomic E-state index is 0.548. The lowest BCUT2D eigenvalue weighted by atomic mass is 9.99. The van der Waals surface area contributed by atoms with Gasteiger partial charge in [-0.2, -0.15) is 0 Å². The number of nitrogens with zero attached hydrogens (tertiary/aromatic N) is 1. The molecule has 0 heterocycles. The summed E-state index contributed by atoms with van der Waals surface area (Å²) >= 11 is 0. The van der Waals surface area contributed by atoms with E-state index in [2.05, 4.69) is 69.3 Å². The lowest BCUT2D eigenvalue weighted by molar-refractivity contribution is 0.391. The Bertz CT molecular complexity index is 318. The molecular formula is C15H26N2. The summed E-state index contributed by atoms with van der Waals surface area (Å²) in [5.41, 5.74) is 2.60. The van der Waals surface area contributed by atoms with Gasteiger partial charge in [-0.1, -0.05) is 38.0 Å². The maximum absolute atomic E-state index is 3.42. The molecule has 2 atom stereocenters. The van der Waals surface area contributed by atoms with E-state index in [4.69, 9.17) is 0 Å². The van der Waals surface area contributed by atoms with Crippen LogP contribution in [0.4, 0.5) is 5.69 Å². The Labute approximate surface area is 106 Å². The first-order valence-corrected chi connectivity index (χ1v) is 6.53. The molecule has 0 bridgehead atoms. The predicted molar refractivity (Wildman–Crippen MR) is 76.8 cm³/mol. The molecule has 1 aromatic rings. The summed E-state index contributed by atoms with van der Waals surface area (Å²) in [5, 5.41) is 3.42. The zero-order chi connectivity index (χ0) is 12.8. The number of likely N-dealkylation sites (N-methyl/N-ethyl adjacent to an activating group) is 2. The third-order valence-corrected chi connectivity index (χ3v) is 3.65. The summed E-state index contributed by atoms with van der Waals surface area (Å²) in [5.74, 6) is 0.702. The molecule has 0 saturated heterocycles. The van der Waals surface area contributed by atoms with Crippen molar-refractivity contribution in [3.8, 4) is 0 Å². The topological polar surface area (TPSA) is 15.3 Å². The van der Waals surface area contributed by atoms with Crippen molar-refractivity contribution in [3.05, 3.63) is 29.8 Å². The van der Waals surface area contributed by atoms with Crippen LogP contribution in [0.15, 0.2) is 24.3 Å². The van der Waals surface area contributed by atoms with Gasteiger partial charge < -0.3 is 10.2 Å². The molecule has 0 fully saturated rings. The number of hydrogen-bond acceptors (Lipinski definition) is 2. The average molecular weight is 234 g/mol. The third-order valence-electron chi connectivity index (χ3n) is 3.65. The standard InChI is InChI=1S/C15H26N2/c1-6-13(3)15(16-4)11-17(5)14-9-7-12(2)8-10-14/h7-10,13,15-16H,6,11H2,1-5H3. The summed E-state index contributed by atoms with van der Waals surface area (Å²) in [4.78, 5) is 2.33. The average Bonchev–Trinajstić information content (AvgIpc) is 2.35. The normalized spacial score (nSPS) is 14.4. The molecule has 1 N–H and O–H groups in total. The quantitative estimate of drug-likeness (QED) is 0.814. The lowest BCUT2D eigenvalue weighted by Gasteiger charge is -2.29. The monoisotopic (exact) mass is 234 g/mol. The van der Waals surface area contributed by atoms with Crippen LogP contribution in [0.25, 0.3) is 0 Å². The number of anilines is 1. The van der Waals surface area contributed by atoms with Crippen molar-refractivity contribution in [2.24, 2.45) is 5.92 Å². The van der Waals surface area contributed by atoms with Gasteiger partial charge in [0.1, 0.15) is 0 Å². The Morgan fingerprint density at radius 2 is 1.82 bits per heavy atom. The van der Waals surface area contributed by atoms with Crippen LogP contribution in [0.2, 0.25) is 0 Å². The first-order valence-electron chi connectivity index (χ1n) is 6.53. The van der Waals surface area contributed by atoms with Crippen molar-refractivity contribution in [1.82, 2.24) is 5.32 Å².